The average molecular weight is 310 g/mol. The van der Waals surface area contributed by atoms with Gasteiger partial charge >= 0.3 is 0 Å². The lowest BCUT2D eigenvalue weighted by atomic mass is 9.99. The average Bonchev–Trinajstić information content (AvgIpc) is 3.11. The van der Waals surface area contributed by atoms with E-state index in [0.717, 1.165) is 32.4 Å². The van der Waals surface area contributed by atoms with Crippen LogP contribution >= 0.6 is 11.3 Å². The maximum Gasteiger partial charge on any atom is 0.241 e. The van der Waals surface area contributed by atoms with Gasteiger partial charge in [0.15, 0.2) is 0 Å². The summed E-state index contributed by atoms with van der Waals surface area (Å²) in [5, 5.41) is 7.74. The highest BCUT2D eigenvalue weighted by Crippen LogP contribution is 2.30. The minimum absolute atomic E-state index is 0.0327. The van der Waals surface area contributed by atoms with Gasteiger partial charge < -0.3 is 9.64 Å². The first-order valence-corrected chi connectivity index (χ1v) is 8.70. The van der Waals surface area contributed by atoms with E-state index in [1.165, 1.54) is 5.56 Å². The predicted octanol–water partition coefficient (Wildman–Crippen LogP) is 3.02. The summed E-state index contributed by atoms with van der Waals surface area (Å²) in [5.74, 6) is 0.612. The number of carbonyl (C=O) groups excluding carboxylic acids is 1. The quantitative estimate of drug-likeness (QED) is 0.751. The molecule has 0 saturated carbocycles. The van der Waals surface area contributed by atoms with Gasteiger partial charge in [-0.15, -0.1) is 0 Å². The summed E-state index contributed by atoms with van der Waals surface area (Å²) in [4.78, 5) is 14.7. The van der Waals surface area contributed by atoms with Crippen LogP contribution < -0.4 is 5.32 Å². The molecule has 1 N–H and O–H groups in total. The summed E-state index contributed by atoms with van der Waals surface area (Å²) in [7, 11) is 1.72. The molecule has 0 aliphatic carbocycles. The van der Waals surface area contributed by atoms with Gasteiger partial charge in [0.2, 0.25) is 5.91 Å². The van der Waals surface area contributed by atoms with E-state index in [9.17, 15) is 4.79 Å². The summed E-state index contributed by atoms with van der Waals surface area (Å²) in [6.07, 6.45) is 3.02. The van der Waals surface area contributed by atoms with Crippen LogP contribution in [0.15, 0.2) is 16.8 Å². The summed E-state index contributed by atoms with van der Waals surface area (Å²) in [5.41, 5.74) is 1.20. The summed E-state index contributed by atoms with van der Waals surface area (Å²) >= 11 is 1.68. The molecule has 21 heavy (non-hydrogen) atoms. The molecule has 3 unspecified atom stereocenters. The SMILES string of the molecule is CCC(C)C1NC(c2ccsc2)N(CCCCOC)C1=O. The Morgan fingerprint density at radius 1 is 1.48 bits per heavy atom. The topological polar surface area (TPSA) is 41.6 Å². The molecule has 118 valence electrons. The highest BCUT2D eigenvalue weighted by Gasteiger charge is 2.41. The first kappa shape index (κ1) is 16.5. The Labute approximate surface area is 131 Å². The number of hydrogen-bond acceptors (Lipinski definition) is 4. The predicted molar refractivity (Wildman–Crippen MR) is 86.3 cm³/mol. The first-order valence-electron chi connectivity index (χ1n) is 7.76. The largest absolute Gasteiger partial charge is 0.385 e. The number of amides is 1. The molecule has 5 heteroatoms. The van der Waals surface area contributed by atoms with Crippen molar-refractivity contribution in [2.75, 3.05) is 20.3 Å². The summed E-state index contributed by atoms with van der Waals surface area (Å²) in [6, 6.07) is 2.05. The fraction of sp³-hybridized carbons (Fsp3) is 0.688. The van der Waals surface area contributed by atoms with E-state index >= 15 is 0 Å². The molecule has 1 aromatic rings. The van der Waals surface area contributed by atoms with E-state index in [0.29, 0.717) is 5.92 Å². The van der Waals surface area contributed by atoms with Crippen molar-refractivity contribution in [1.82, 2.24) is 10.2 Å². The molecule has 1 saturated heterocycles. The molecular formula is C16H26N2O2S. The summed E-state index contributed by atoms with van der Waals surface area (Å²) < 4.78 is 5.09. The van der Waals surface area contributed by atoms with E-state index in [1.54, 1.807) is 18.4 Å². The van der Waals surface area contributed by atoms with Gasteiger partial charge in [-0.2, -0.15) is 11.3 Å². The molecular weight excluding hydrogens is 284 g/mol. The molecule has 1 aromatic heterocycles. The number of hydrogen-bond donors (Lipinski definition) is 1. The second-order valence-electron chi connectivity index (χ2n) is 5.72. The molecule has 0 aromatic carbocycles. The van der Waals surface area contributed by atoms with Crippen LogP contribution in [0.5, 0.6) is 0 Å². The minimum Gasteiger partial charge on any atom is -0.385 e. The maximum absolute atomic E-state index is 12.7. The van der Waals surface area contributed by atoms with Gasteiger partial charge in [0, 0.05) is 20.3 Å². The third-order valence-electron chi connectivity index (χ3n) is 4.27. The Morgan fingerprint density at radius 3 is 2.90 bits per heavy atom. The molecule has 1 fully saturated rings. The molecule has 2 heterocycles. The molecule has 2 rings (SSSR count). The van der Waals surface area contributed by atoms with Gasteiger partial charge in [-0.1, -0.05) is 20.3 Å². The van der Waals surface area contributed by atoms with E-state index in [2.05, 4.69) is 36.0 Å². The smallest absolute Gasteiger partial charge is 0.241 e. The van der Waals surface area contributed by atoms with Crippen LogP contribution in [0.4, 0.5) is 0 Å². The van der Waals surface area contributed by atoms with Crippen molar-refractivity contribution >= 4 is 17.2 Å². The zero-order chi connectivity index (χ0) is 15.2. The summed E-state index contributed by atoms with van der Waals surface area (Å²) in [6.45, 7) is 5.84. The second kappa shape index (κ2) is 7.92. The molecule has 4 nitrogen and oxygen atoms in total. The zero-order valence-corrected chi connectivity index (χ0v) is 14.0. The number of thiophene rings is 1. The standard InChI is InChI=1S/C16H26N2O2S/c1-4-12(2)14-16(19)18(8-5-6-9-20-3)15(17-14)13-7-10-21-11-13/h7,10-12,14-15,17H,4-6,8-9H2,1-3H3. The Balaban J connectivity index is 2.06. The number of ether oxygens (including phenoxy) is 1. The number of methoxy groups -OCH3 is 1. The number of nitrogens with one attached hydrogen (secondary N) is 1. The number of unbranched alkanes of at least 4 members (excludes halogenated alkanes) is 1. The third-order valence-corrected chi connectivity index (χ3v) is 4.97. The van der Waals surface area contributed by atoms with Crippen molar-refractivity contribution in [1.29, 1.82) is 0 Å². The molecule has 1 aliphatic rings. The van der Waals surface area contributed by atoms with Gasteiger partial charge in [-0.05, 0) is 41.1 Å². The van der Waals surface area contributed by atoms with Crippen LogP contribution in [0.1, 0.15) is 44.8 Å². The van der Waals surface area contributed by atoms with Crippen molar-refractivity contribution in [3.8, 4) is 0 Å². The van der Waals surface area contributed by atoms with Gasteiger partial charge in [0.1, 0.15) is 6.17 Å². The normalized spacial score (nSPS) is 23.8. The Hall–Kier alpha value is -0.910. The lowest BCUT2D eigenvalue weighted by molar-refractivity contribution is -0.131. The van der Waals surface area contributed by atoms with Crippen LogP contribution in [0.3, 0.4) is 0 Å². The Bertz CT molecular complexity index is 435. The van der Waals surface area contributed by atoms with Crippen molar-refractivity contribution in [2.45, 2.75) is 45.3 Å². The fourth-order valence-electron chi connectivity index (χ4n) is 2.76. The number of rotatable bonds is 8. The van der Waals surface area contributed by atoms with Crippen LogP contribution in [0.2, 0.25) is 0 Å². The monoisotopic (exact) mass is 310 g/mol. The minimum atomic E-state index is -0.0534. The Morgan fingerprint density at radius 2 is 2.29 bits per heavy atom. The van der Waals surface area contributed by atoms with Crippen molar-refractivity contribution in [3.05, 3.63) is 22.4 Å². The highest BCUT2D eigenvalue weighted by molar-refractivity contribution is 7.07. The molecule has 1 amide bonds. The van der Waals surface area contributed by atoms with E-state index in [-0.39, 0.29) is 18.1 Å². The number of carbonyl (C=O) groups is 1. The van der Waals surface area contributed by atoms with Crippen LogP contribution in [-0.2, 0) is 9.53 Å². The fourth-order valence-corrected chi connectivity index (χ4v) is 3.43. The third kappa shape index (κ3) is 3.84. The van der Waals surface area contributed by atoms with Gasteiger partial charge in [-0.25, -0.2) is 0 Å². The second-order valence-corrected chi connectivity index (χ2v) is 6.50. The van der Waals surface area contributed by atoms with Gasteiger partial charge in [0.05, 0.1) is 6.04 Å². The lowest BCUT2D eigenvalue weighted by Gasteiger charge is -2.23. The van der Waals surface area contributed by atoms with E-state index in [1.807, 2.05) is 4.90 Å². The molecule has 0 radical (unpaired) electrons. The molecule has 0 spiro atoms. The highest BCUT2D eigenvalue weighted by atomic mass is 32.1. The molecule has 3 atom stereocenters. The lowest BCUT2D eigenvalue weighted by Crippen LogP contribution is -2.36. The van der Waals surface area contributed by atoms with Crippen molar-refractivity contribution in [3.63, 3.8) is 0 Å². The van der Waals surface area contributed by atoms with Crippen LogP contribution in [-0.4, -0.2) is 37.1 Å². The number of nitrogens with zero attached hydrogens (tertiary/aromatic N) is 1. The van der Waals surface area contributed by atoms with E-state index < -0.39 is 0 Å². The zero-order valence-electron chi connectivity index (χ0n) is 13.2. The van der Waals surface area contributed by atoms with Crippen molar-refractivity contribution < 1.29 is 9.53 Å². The maximum atomic E-state index is 12.7. The van der Waals surface area contributed by atoms with Crippen LogP contribution in [0.25, 0.3) is 0 Å². The molecule has 1 aliphatic heterocycles. The van der Waals surface area contributed by atoms with Gasteiger partial charge in [-0.3, -0.25) is 10.1 Å². The van der Waals surface area contributed by atoms with Crippen molar-refractivity contribution in [2.24, 2.45) is 5.92 Å². The van der Waals surface area contributed by atoms with E-state index in [4.69, 9.17) is 4.74 Å². The first-order chi connectivity index (χ1) is 10.2. The van der Waals surface area contributed by atoms with Gasteiger partial charge in [0.25, 0.3) is 0 Å². The molecule has 0 bridgehead atoms. The van der Waals surface area contributed by atoms with Crippen LogP contribution in [0, 0.1) is 5.92 Å². The Kier molecular flexibility index (Phi) is 6.21.